The van der Waals surface area contributed by atoms with E-state index >= 15 is 0 Å². The molecule has 0 atom stereocenters. The molecule has 1 aromatic rings. The molecule has 0 unspecified atom stereocenters. The van der Waals surface area contributed by atoms with Crippen molar-refractivity contribution < 1.29 is 23.8 Å². The topological polar surface area (TPSA) is 73.9 Å². The largest absolute Gasteiger partial charge is 0.497 e. The van der Waals surface area contributed by atoms with Crippen LogP contribution in [-0.4, -0.2) is 38.8 Å². The Hall–Kier alpha value is -2.08. The van der Waals surface area contributed by atoms with Crippen LogP contribution >= 0.6 is 0 Å². The molecule has 0 heterocycles. The fourth-order valence-electron chi connectivity index (χ4n) is 1.27. The molecule has 0 spiro atoms. The van der Waals surface area contributed by atoms with E-state index in [1.54, 1.807) is 31.2 Å². The Bertz CT molecular complexity index is 433. The first-order valence-electron chi connectivity index (χ1n) is 5.83. The molecule has 0 aliphatic rings. The molecule has 0 saturated carbocycles. The Balaban J connectivity index is 2.36. The van der Waals surface area contributed by atoms with Crippen molar-refractivity contribution in [1.82, 2.24) is 0 Å². The monoisotopic (exact) mass is 267 g/mol. The Morgan fingerprint density at radius 2 is 2.05 bits per heavy atom. The first-order valence-corrected chi connectivity index (χ1v) is 5.83. The molecule has 104 valence electrons. The minimum atomic E-state index is -0.567. The maximum atomic E-state index is 11.5. The Kier molecular flexibility index (Phi) is 6.38. The Morgan fingerprint density at radius 3 is 2.74 bits per heavy atom. The quantitative estimate of drug-likeness (QED) is 0.752. The van der Waals surface area contributed by atoms with Crippen LogP contribution in [0.1, 0.15) is 6.92 Å². The van der Waals surface area contributed by atoms with Gasteiger partial charge in [-0.3, -0.25) is 4.79 Å². The second kappa shape index (κ2) is 8.10. The van der Waals surface area contributed by atoms with Crippen LogP contribution in [0.25, 0.3) is 0 Å². The molecule has 1 amide bonds. The number of benzene rings is 1. The molecule has 6 nitrogen and oxygen atoms in total. The summed E-state index contributed by atoms with van der Waals surface area (Å²) in [6.07, 6.45) is 0. The number of hydrogen-bond acceptors (Lipinski definition) is 5. The van der Waals surface area contributed by atoms with E-state index in [0.29, 0.717) is 18.0 Å². The maximum absolute atomic E-state index is 11.5. The summed E-state index contributed by atoms with van der Waals surface area (Å²) in [5.74, 6) is -0.355. The number of rotatable bonds is 7. The predicted molar refractivity (Wildman–Crippen MR) is 69.1 cm³/mol. The van der Waals surface area contributed by atoms with Crippen molar-refractivity contribution in [3.8, 4) is 5.75 Å². The van der Waals surface area contributed by atoms with Gasteiger partial charge in [-0.15, -0.1) is 0 Å². The average molecular weight is 267 g/mol. The molecule has 1 N–H and O–H groups in total. The molecule has 1 aromatic carbocycles. The molecule has 0 radical (unpaired) electrons. The van der Waals surface area contributed by atoms with Crippen LogP contribution in [0, 0.1) is 0 Å². The van der Waals surface area contributed by atoms with Gasteiger partial charge in [0.05, 0.1) is 7.11 Å². The van der Waals surface area contributed by atoms with Gasteiger partial charge >= 0.3 is 5.97 Å². The zero-order valence-corrected chi connectivity index (χ0v) is 11.0. The van der Waals surface area contributed by atoms with Gasteiger partial charge in [0.15, 0.2) is 6.61 Å². The van der Waals surface area contributed by atoms with E-state index in [4.69, 9.17) is 14.2 Å². The number of anilines is 1. The minimum Gasteiger partial charge on any atom is -0.497 e. The molecule has 6 heteroatoms. The van der Waals surface area contributed by atoms with Crippen LogP contribution in [0.2, 0.25) is 0 Å². The van der Waals surface area contributed by atoms with Gasteiger partial charge < -0.3 is 19.5 Å². The molecular weight excluding hydrogens is 250 g/mol. The van der Waals surface area contributed by atoms with Crippen LogP contribution in [-0.2, 0) is 19.1 Å². The fraction of sp³-hybridized carbons (Fsp3) is 0.385. The second-order valence-corrected chi connectivity index (χ2v) is 3.58. The molecule has 0 aliphatic heterocycles. The molecule has 0 aromatic heterocycles. The van der Waals surface area contributed by atoms with Crippen LogP contribution in [0.5, 0.6) is 5.75 Å². The first kappa shape index (κ1) is 15.0. The number of methoxy groups -OCH3 is 1. The Morgan fingerprint density at radius 1 is 1.26 bits per heavy atom. The summed E-state index contributed by atoms with van der Waals surface area (Å²) in [5, 5.41) is 2.59. The van der Waals surface area contributed by atoms with Crippen LogP contribution in [0.3, 0.4) is 0 Å². The summed E-state index contributed by atoms with van der Waals surface area (Å²) in [7, 11) is 1.54. The van der Waals surface area contributed by atoms with E-state index in [9.17, 15) is 9.59 Å². The number of carbonyl (C=O) groups excluding carboxylic acids is 2. The van der Waals surface area contributed by atoms with Crippen molar-refractivity contribution in [2.45, 2.75) is 6.92 Å². The standard InChI is InChI=1S/C13H17NO5/c1-3-18-9-13(16)19-8-12(15)14-10-5-4-6-11(7-10)17-2/h4-7H,3,8-9H2,1-2H3,(H,14,15). The first-order chi connectivity index (χ1) is 9.15. The summed E-state index contributed by atoms with van der Waals surface area (Å²) in [6, 6.07) is 6.88. The number of ether oxygens (including phenoxy) is 3. The van der Waals surface area contributed by atoms with Gasteiger partial charge in [0, 0.05) is 18.4 Å². The van der Waals surface area contributed by atoms with Gasteiger partial charge in [-0.1, -0.05) is 6.07 Å². The Labute approximate surface area is 111 Å². The molecule has 0 aliphatic carbocycles. The maximum Gasteiger partial charge on any atom is 0.332 e. The molecule has 19 heavy (non-hydrogen) atoms. The lowest BCUT2D eigenvalue weighted by atomic mass is 10.3. The smallest absolute Gasteiger partial charge is 0.332 e. The molecule has 0 fully saturated rings. The lowest BCUT2D eigenvalue weighted by molar-refractivity contribution is -0.151. The SMILES string of the molecule is CCOCC(=O)OCC(=O)Nc1cccc(OC)c1. The third-order valence-corrected chi connectivity index (χ3v) is 2.14. The average Bonchev–Trinajstić information content (AvgIpc) is 2.43. The highest BCUT2D eigenvalue weighted by molar-refractivity contribution is 5.93. The number of esters is 1. The molecular formula is C13H17NO5. The van der Waals surface area contributed by atoms with Crippen molar-refractivity contribution in [1.29, 1.82) is 0 Å². The summed E-state index contributed by atoms with van der Waals surface area (Å²) in [5.41, 5.74) is 0.574. The van der Waals surface area contributed by atoms with Crippen LogP contribution in [0.4, 0.5) is 5.69 Å². The number of amides is 1. The van der Waals surface area contributed by atoms with E-state index in [-0.39, 0.29) is 13.2 Å². The van der Waals surface area contributed by atoms with Crippen LogP contribution in [0.15, 0.2) is 24.3 Å². The molecule has 1 rings (SSSR count). The lowest BCUT2D eigenvalue weighted by Crippen LogP contribution is -2.22. The predicted octanol–water partition coefficient (Wildman–Crippen LogP) is 1.21. The van der Waals surface area contributed by atoms with Crippen molar-refractivity contribution in [3.63, 3.8) is 0 Å². The molecule has 0 saturated heterocycles. The van der Waals surface area contributed by atoms with E-state index < -0.39 is 11.9 Å². The third-order valence-electron chi connectivity index (χ3n) is 2.14. The summed E-state index contributed by atoms with van der Waals surface area (Å²) >= 11 is 0. The van der Waals surface area contributed by atoms with Gasteiger partial charge in [-0.2, -0.15) is 0 Å². The van der Waals surface area contributed by atoms with E-state index in [2.05, 4.69) is 5.32 Å². The zero-order valence-electron chi connectivity index (χ0n) is 11.0. The molecule has 0 bridgehead atoms. The number of nitrogens with one attached hydrogen (secondary N) is 1. The van der Waals surface area contributed by atoms with Gasteiger partial charge in [-0.25, -0.2) is 4.79 Å². The number of hydrogen-bond donors (Lipinski definition) is 1. The summed E-state index contributed by atoms with van der Waals surface area (Å²) < 4.78 is 14.6. The zero-order chi connectivity index (χ0) is 14.1. The highest BCUT2D eigenvalue weighted by Gasteiger charge is 2.08. The van der Waals surface area contributed by atoms with Crippen LogP contribution < -0.4 is 10.1 Å². The van der Waals surface area contributed by atoms with Gasteiger partial charge in [0.2, 0.25) is 0 Å². The van der Waals surface area contributed by atoms with E-state index in [1.807, 2.05) is 0 Å². The van der Waals surface area contributed by atoms with Crippen molar-refractivity contribution >= 4 is 17.6 Å². The number of carbonyl (C=O) groups is 2. The summed E-state index contributed by atoms with van der Waals surface area (Å²) in [6.45, 7) is 1.69. The second-order valence-electron chi connectivity index (χ2n) is 3.58. The van der Waals surface area contributed by atoms with Gasteiger partial charge in [0.1, 0.15) is 12.4 Å². The lowest BCUT2D eigenvalue weighted by Gasteiger charge is -2.07. The van der Waals surface area contributed by atoms with Crippen molar-refractivity contribution in [3.05, 3.63) is 24.3 Å². The highest BCUT2D eigenvalue weighted by atomic mass is 16.6. The fourth-order valence-corrected chi connectivity index (χ4v) is 1.27. The minimum absolute atomic E-state index is 0.150. The summed E-state index contributed by atoms with van der Waals surface area (Å²) in [4.78, 5) is 22.6. The highest BCUT2D eigenvalue weighted by Crippen LogP contribution is 2.16. The third kappa shape index (κ3) is 5.87. The van der Waals surface area contributed by atoms with Gasteiger partial charge in [0.25, 0.3) is 5.91 Å². The van der Waals surface area contributed by atoms with Gasteiger partial charge in [-0.05, 0) is 19.1 Å². The van der Waals surface area contributed by atoms with Crippen molar-refractivity contribution in [2.24, 2.45) is 0 Å². The van der Waals surface area contributed by atoms with E-state index in [1.165, 1.54) is 7.11 Å². The normalized spacial score (nSPS) is 9.79. The van der Waals surface area contributed by atoms with E-state index in [0.717, 1.165) is 0 Å². The van der Waals surface area contributed by atoms with Crippen molar-refractivity contribution in [2.75, 3.05) is 32.2 Å².